The SMILES string of the molecule is O=C(C=Cc1ccc([N+](=O)[O-])cc1)Nc1ccccc1C(=O)Nc1ccc(C(=O)O)cc1. The molecule has 3 N–H and O–H groups in total. The number of nitrogens with zero attached hydrogens (tertiary/aromatic N) is 1. The van der Waals surface area contributed by atoms with Crippen molar-refractivity contribution in [2.24, 2.45) is 0 Å². The average molecular weight is 431 g/mol. The number of aromatic carboxylic acids is 1. The number of para-hydroxylation sites is 1. The number of nitrogens with one attached hydrogen (secondary N) is 2. The molecule has 0 aromatic heterocycles. The van der Waals surface area contributed by atoms with Gasteiger partial charge in [-0.1, -0.05) is 12.1 Å². The summed E-state index contributed by atoms with van der Waals surface area (Å²) in [7, 11) is 0. The van der Waals surface area contributed by atoms with E-state index in [1.54, 1.807) is 18.2 Å². The molecule has 0 atom stereocenters. The van der Waals surface area contributed by atoms with Crippen LogP contribution in [-0.4, -0.2) is 27.8 Å². The summed E-state index contributed by atoms with van der Waals surface area (Å²) in [5.74, 6) is -2.05. The summed E-state index contributed by atoms with van der Waals surface area (Å²) < 4.78 is 0. The zero-order valence-corrected chi connectivity index (χ0v) is 16.5. The largest absolute Gasteiger partial charge is 0.478 e. The molecule has 0 saturated carbocycles. The van der Waals surface area contributed by atoms with Gasteiger partial charge in [0.1, 0.15) is 0 Å². The number of nitro benzene ring substituents is 1. The molecule has 3 aromatic carbocycles. The van der Waals surface area contributed by atoms with Gasteiger partial charge in [-0.15, -0.1) is 0 Å². The van der Waals surface area contributed by atoms with Crippen LogP contribution in [0.2, 0.25) is 0 Å². The Bertz CT molecular complexity index is 1200. The number of nitro groups is 1. The Hall–Kier alpha value is -4.79. The lowest BCUT2D eigenvalue weighted by Crippen LogP contribution is -2.17. The number of carbonyl (C=O) groups is 3. The highest BCUT2D eigenvalue weighted by molar-refractivity contribution is 6.11. The quantitative estimate of drug-likeness (QED) is 0.291. The molecule has 0 aliphatic heterocycles. The smallest absolute Gasteiger partial charge is 0.335 e. The Morgan fingerprint density at radius 2 is 1.53 bits per heavy atom. The van der Waals surface area contributed by atoms with Gasteiger partial charge in [0.05, 0.1) is 21.7 Å². The number of non-ortho nitro benzene ring substituents is 1. The molecule has 0 heterocycles. The van der Waals surface area contributed by atoms with Crippen molar-refractivity contribution in [1.82, 2.24) is 0 Å². The minimum Gasteiger partial charge on any atom is -0.478 e. The van der Waals surface area contributed by atoms with Gasteiger partial charge >= 0.3 is 5.97 Å². The molecule has 9 heteroatoms. The first-order valence-corrected chi connectivity index (χ1v) is 9.31. The Labute approximate surface area is 182 Å². The topological polar surface area (TPSA) is 139 Å². The fourth-order valence-electron chi connectivity index (χ4n) is 2.74. The number of anilines is 2. The van der Waals surface area contributed by atoms with E-state index in [1.165, 1.54) is 66.7 Å². The number of hydrogen-bond donors (Lipinski definition) is 3. The molecule has 3 rings (SSSR count). The Morgan fingerprint density at radius 3 is 2.16 bits per heavy atom. The summed E-state index contributed by atoms with van der Waals surface area (Å²) in [4.78, 5) is 46.1. The molecular weight excluding hydrogens is 414 g/mol. The summed E-state index contributed by atoms with van der Waals surface area (Å²) in [5.41, 5.74) is 1.54. The second kappa shape index (κ2) is 9.81. The summed E-state index contributed by atoms with van der Waals surface area (Å²) in [5, 5.41) is 24.9. The van der Waals surface area contributed by atoms with Gasteiger partial charge in [-0.2, -0.15) is 0 Å². The van der Waals surface area contributed by atoms with Crippen LogP contribution in [0, 0.1) is 10.1 Å². The lowest BCUT2D eigenvalue weighted by atomic mass is 10.1. The van der Waals surface area contributed by atoms with Crippen LogP contribution in [0.3, 0.4) is 0 Å². The van der Waals surface area contributed by atoms with Crippen molar-refractivity contribution in [1.29, 1.82) is 0 Å². The van der Waals surface area contributed by atoms with Gasteiger partial charge in [0.2, 0.25) is 5.91 Å². The summed E-state index contributed by atoms with van der Waals surface area (Å²) in [6.45, 7) is 0. The zero-order valence-electron chi connectivity index (χ0n) is 16.5. The molecule has 0 saturated heterocycles. The third-order valence-electron chi connectivity index (χ3n) is 4.35. The molecule has 0 radical (unpaired) electrons. The number of carbonyl (C=O) groups excluding carboxylic acids is 2. The van der Waals surface area contributed by atoms with Gasteiger partial charge < -0.3 is 15.7 Å². The Kier molecular flexibility index (Phi) is 6.72. The van der Waals surface area contributed by atoms with Crippen molar-refractivity contribution in [3.63, 3.8) is 0 Å². The summed E-state index contributed by atoms with van der Waals surface area (Å²) >= 11 is 0. The van der Waals surface area contributed by atoms with Crippen LogP contribution in [0.4, 0.5) is 17.1 Å². The lowest BCUT2D eigenvalue weighted by Gasteiger charge is -2.10. The Morgan fingerprint density at radius 1 is 0.875 bits per heavy atom. The first-order chi connectivity index (χ1) is 15.3. The van der Waals surface area contributed by atoms with Crippen LogP contribution in [0.1, 0.15) is 26.3 Å². The van der Waals surface area contributed by atoms with Crippen LogP contribution < -0.4 is 10.6 Å². The molecule has 0 spiro atoms. The van der Waals surface area contributed by atoms with E-state index >= 15 is 0 Å². The molecule has 160 valence electrons. The van der Waals surface area contributed by atoms with Gasteiger partial charge in [0, 0.05) is 23.9 Å². The van der Waals surface area contributed by atoms with Crippen molar-refractivity contribution < 1.29 is 24.4 Å². The van der Waals surface area contributed by atoms with Gasteiger partial charge in [-0.05, 0) is 60.2 Å². The molecule has 2 amide bonds. The number of hydrogen-bond acceptors (Lipinski definition) is 5. The van der Waals surface area contributed by atoms with Gasteiger partial charge in [-0.25, -0.2) is 4.79 Å². The summed E-state index contributed by atoms with van der Waals surface area (Å²) in [6, 6.07) is 17.8. The molecule has 3 aromatic rings. The van der Waals surface area contributed by atoms with Crippen LogP contribution in [0.15, 0.2) is 78.9 Å². The van der Waals surface area contributed by atoms with E-state index in [0.717, 1.165) is 0 Å². The maximum Gasteiger partial charge on any atom is 0.335 e. The van der Waals surface area contributed by atoms with Gasteiger partial charge in [-0.3, -0.25) is 19.7 Å². The van der Waals surface area contributed by atoms with Crippen LogP contribution in [0.5, 0.6) is 0 Å². The number of rotatable bonds is 7. The van der Waals surface area contributed by atoms with E-state index in [1.807, 2.05) is 0 Å². The predicted molar refractivity (Wildman–Crippen MR) is 119 cm³/mol. The molecule has 32 heavy (non-hydrogen) atoms. The second-order valence-corrected chi connectivity index (χ2v) is 6.55. The van der Waals surface area contributed by atoms with Crippen molar-refractivity contribution >= 4 is 40.9 Å². The van der Waals surface area contributed by atoms with Crippen molar-refractivity contribution in [2.75, 3.05) is 10.6 Å². The maximum absolute atomic E-state index is 12.6. The van der Waals surface area contributed by atoms with E-state index in [9.17, 15) is 24.5 Å². The normalized spacial score (nSPS) is 10.5. The average Bonchev–Trinajstić information content (AvgIpc) is 2.78. The minimum atomic E-state index is -1.07. The molecular formula is C23H17N3O6. The van der Waals surface area contributed by atoms with Crippen molar-refractivity contribution in [3.8, 4) is 0 Å². The molecule has 0 bridgehead atoms. The molecule has 0 fully saturated rings. The molecule has 0 unspecified atom stereocenters. The number of carboxylic acids is 1. The number of amides is 2. The first kappa shape index (κ1) is 21.9. The van der Waals surface area contributed by atoms with Crippen molar-refractivity contribution in [3.05, 3.63) is 106 Å². The molecule has 9 nitrogen and oxygen atoms in total. The van der Waals surface area contributed by atoms with Crippen molar-refractivity contribution in [2.45, 2.75) is 0 Å². The third-order valence-corrected chi connectivity index (χ3v) is 4.35. The third kappa shape index (κ3) is 5.63. The monoisotopic (exact) mass is 431 g/mol. The number of carboxylic acid groups (broad SMARTS) is 1. The second-order valence-electron chi connectivity index (χ2n) is 6.55. The van der Waals surface area contributed by atoms with Gasteiger partial charge in [0.25, 0.3) is 11.6 Å². The van der Waals surface area contributed by atoms with Crippen LogP contribution in [0.25, 0.3) is 6.08 Å². The number of benzene rings is 3. The predicted octanol–water partition coefficient (Wildman–Crippen LogP) is 4.20. The highest BCUT2D eigenvalue weighted by Crippen LogP contribution is 2.18. The van der Waals surface area contributed by atoms with Crippen LogP contribution in [-0.2, 0) is 4.79 Å². The summed E-state index contributed by atoms with van der Waals surface area (Å²) in [6.07, 6.45) is 2.74. The van der Waals surface area contributed by atoms with E-state index in [-0.39, 0.29) is 22.5 Å². The maximum atomic E-state index is 12.6. The molecule has 0 aliphatic rings. The standard InChI is InChI=1S/C23H17N3O6/c27-21(14-7-15-5-12-18(13-6-15)26(31)32)25-20-4-2-1-3-19(20)22(28)24-17-10-8-16(9-11-17)23(29)30/h1-14H,(H,24,28)(H,25,27)(H,29,30). The minimum absolute atomic E-state index is 0.0517. The van der Waals surface area contributed by atoms with Crippen LogP contribution >= 0.6 is 0 Å². The fraction of sp³-hybridized carbons (Fsp3) is 0. The van der Waals surface area contributed by atoms with E-state index in [2.05, 4.69) is 10.6 Å². The highest BCUT2D eigenvalue weighted by Gasteiger charge is 2.13. The molecule has 0 aliphatic carbocycles. The lowest BCUT2D eigenvalue weighted by molar-refractivity contribution is -0.384. The van der Waals surface area contributed by atoms with E-state index in [4.69, 9.17) is 5.11 Å². The Balaban J connectivity index is 1.68. The van der Waals surface area contributed by atoms with E-state index in [0.29, 0.717) is 11.3 Å². The van der Waals surface area contributed by atoms with E-state index < -0.39 is 22.7 Å². The fourth-order valence-corrected chi connectivity index (χ4v) is 2.74. The van der Waals surface area contributed by atoms with Gasteiger partial charge in [0.15, 0.2) is 0 Å². The first-order valence-electron chi connectivity index (χ1n) is 9.31. The zero-order chi connectivity index (χ0) is 23.1. The highest BCUT2D eigenvalue weighted by atomic mass is 16.6.